The second-order valence-electron chi connectivity index (χ2n) is 5.36. The van der Waals surface area contributed by atoms with Crippen LogP contribution in [-0.4, -0.2) is 36.0 Å². The summed E-state index contributed by atoms with van der Waals surface area (Å²) in [6, 6.07) is 0. The molecule has 0 amide bonds. The molecule has 0 unspecified atom stereocenters. The van der Waals surface area contributed by atoms with Crippen molar-refractivity contribution in [1.29, 1.82) is 0 Å². The summed E-state index contributed by atoms with van der Waals surface area (Å²) in [4.78, 5) is 0. The molecule has 0 spiro atoms. The maximum absolute atomic E-state index is 3.80. The predicted octanol–water partition coefficient (Wildman–Crippen LogP) is 2.96. The average Bonchev–Trinajstić information content (AvgIpc) is 1.52. The summed E-state index contributed by atoms with van der Waals surface area (Å²) < 4.78 is 4.20. The second-order valence-corrected chi connectivity index (χ2v) is 13.6. The fourth-order valence-corrected chi connectivity index (χ4v) is 6.75. The Morgan fingerprint density at radius 3 is 1.25 bits per heavy atom. The first-order valence-corrected chi connectivity index (χ1v) is 9.46. The highest BCUT2D eigenvalue weighted by atomic mass is 32.3. The highest BCUT2D eigenvalue weighted by Crippen LogP contribution is 2.55. The Bertz CT molecular complexity index is 151. The van der Waals surface area contributed by atoms with Gasteiger partial charge in [-0.3, -0.25) is 0 Å². The molecular weight excluding hydrogens is 186 g/mol. The number of nitrogens with one attached hydrogen (secondary N) is 1. The molecule has 0 heterocycles. The summed E-state index contributed by atoms with van der Waals surface area (Å²) in [6.45, 7) is 6.96. The van der Waals surface area contributed by atoms with E-state index < -0.39 is 20.4 Å². The van der Waals surface area contributed by atoms with E-state index in [1.165, 1.54) is 0 Å². The maximum atomic E-state index is 3.80. The van der Waals surface area contributed by atoms with Crippen molar-refractivity contribution in [1.82, 2.24) is 4.13 Å². The molecule has 0 aromatic rings. The minimum atomic E-state index is -0.668. The van der Waals surface area contributed by atoms with Crippen LogP contribution in [0.15, 0.2) is 0 Å². The zero-order valence-electron chi connectivity index (χ0n) is 9.82. The van der Waals surface area contributed by atoms with Gasteiger partial charge in [0, 0.05) is 4.75 Å². The highest BCUT2D eigenvalue weighted by molar-refractivity contribution is 8.45. The Labute approximate surface area is 81.6 Å². The lowest BCUT2D eigenvalue weighted by Gasteiger charge is -2.50. The Kier molecular flexibility index (Phi) is 3.62. The minimum Gasteiger partial charge on any atom is -0.245 e. The van der Waals surface area contributed by atoms with E-state index in [4.69, 9.17) is 0 Å². The van der Waals surface area contributed by atoms with Crippen LogP contribution in [0.2, 0.25) is 0 Å². The Balaban J connectivity index is 4.44. The van der Waals surface area contributed by atoms with E-state index in [0.717, 1.165) is 0 Å². The molecule has 0 saturated carbocycles. The van der Waals surface area contributed by atoms with Gasteiger partial charge in [-0.2, -0.15) is 20.4 Å². The number of hydrogen-bond acceptors (Lipinski definition) is 1. The first-order valence-electron chi connectivity index (χ1n) is 4.15. The van der Waals surface area contributed by atoms with Crippen molar-refractivity contribution in [2.45, 2.75) is 25.5 Å². The fourth-order valence-electron chi connectivity index (χ4n) is 0.750. The third kappa shape index (κ3) is 4.06. The summed E-state index contributed by atoms with van der Waals surface area (Å²) in [7, 11) is -1.25. The summed E-state index contributed by atoms with van der Waals surface area (Å²) in [5, 5.41) is 0. The van der Waals surface area contributed by atoms with Gasteiger partial charge in [0.1, 0.15) is 0 Å². The molecule has 1 N–H and O–H groups in total. The molecule has 0 aromatic carbocycles. The lowest BCUT2D eigenvalue weighted by atomic mass is 10.3. The SMILES string of the molecule is CC(C)(C)S(C)(C)NS(C)(C)C. The Morgan fingerprint density at radius 1 is 0.833 bits per heavy atom. The van der Waals surface area contributed by atoms with Crippen molar-refractivity contribution in [3.8, 4) is 0 Å². The quantitative estimate of drug-likeness (QED) is 0.740. The molecule has 0 fully saturated rings. The molecule has 12 heavy (non-hydrogen) atoms. The normalized spacial score (nSPS) is 17.7. The minimum absolute atomic E-state index is 0.396. The molecule has 0 aliphatic heterocycles. The standard InChI is InChI=1S/C9H25NS2/c1-9(2,3)12(7,8)10-11(4,5)6/h10H,1-8H3. The zero-order valence-corrected chi connectivity index (χ0v) is 11.4. The molecule has 3 heteroatoms. The van der Waals surface area contributed by atoms with Crippen LogP contribution < -0.4 is 4.13 Å². The van der Waals surface area contributed by atoms with Gasteiger partial charge in [0.05, 0.1) is 0 Å². The van der Waals surface area contributed by atoms with Crippen molar-refractivity contribution in [2.75, 3.05) is 31.3 Å². The summed E-state index contributed by atoms with van der Waals surface area (Å²) in [5.74, 6) is 0. The van der Waals surface area contributed by atoms with Crippen LogP contribution in [0, 0.1) is 0 Å². The lowest BCUT2D eigenvalue weighted by Crippen LogP contribution is -2.34. The van der Waals surface area contributed by atoms with Crippen molar-refractivity contribution in [3.05, 3.63) is 0 Å². The van der Waals surface area contributed by atoms with Gasteiger partial charge in [-0.1, -0.05) is 20.8 Å². The summed E-state index contributed by atoms with van der Waals surface area (Å²) in [5.41, 5.74) is 0. The van der Waals surface area contributed by atoms with Crippen molar-refractivity contribution in [3.63, 3.8) is 0 Å². The van der Waals surface area contributed by atoms with E-state index in [0.29, 0.717) is 4.75 Å². The van der Waals surface area contributed by atoms with Gasteiger partial charge in [-0.05, 0) is 31.3 Å². The molecule has 0 saturated heterocycles. The molecule has 0 aromatic heterocycles. The van der Waals surface area contributed by atoms with Crippen molar-refractivity contribution in [2.24, 2.45) is 0 Å². The van der Waals surface area contributed by atoms with Crippen LogP contribution in [0.4, 0.5) is 0 Å². The first kappa shape index (κ1) is 12.7. The molecule has 0 bridgehead atoms. The van der Waals surface area contributed by atoms with Gasteiger partial charge in [0.25, 0.3) is 0 Å². The molecular formula is C9H25NS2. The maximum Gasteiger partial charge on any atom is 0.00354 e. The number of hydrogen-bond donors (Lipinski definition) is 1. The lowest BCUT2D eigenvalue weighted by molar-refractivity contribution is 0.785. The fraction of sp³-hybridized carbons (Fsp3) is 1.00. The molecule has 0 rings (SSSR count). The summed E-state index contributed by atoms with van der Waals surface area (Å²) in [6.07, 6.45) is 11.7. The van der Waals surface area contributed by atoms with E-state index in [9.17, 15) is 0 Å². The average molecular weight is 211 g/mol. The Hall–Kier alpha value is 0.660. The van der Waals surface area contributed by atoms with E-state index in [1.54, 1.807) is 0 Å². The topological polar surface area (TPSA) is 12.0 Å². The predicted molar refractivity (Wildman–Crippen MR) is 67.7 cm³/mol. The van der Waals surface area contributed by atoms with Crippen LogP contribution in [0.5, 0.6) is 0 Å². The van der Waals surface area contributed by atoms with Crippen LogP contribution in [0.1, 0.15) is 20.8 Å². The van der Waals surface area contributed by atoms with Crippen LogP contribution >= 0.6 is 20.4 Å². The van der Waals surface area contributed by atoms with E-state index >= 15 is 0 Å². The molecule has 1 nitrogen and oxygen atoms in total. The largest absolute Gasteiger partial charge is 0.245 e. The first-order chi connectivity index (χ1) is 4.96. The van der Waals surface area contributed by atoms with Gasteiger partial charge in [0.15, 0.2) is 0 Å². The third-order valence-electron chi connectivity index (χ3n) is 1.99. The van der Waals surface area contributed by atoms with E-state index in [-0.39, 0.29) is 0 Å². The second kappa shape index (κ2) is 3.43. The van der Waals surface area contributed by atoms with Crippen LogP contribution in [0.3, 0.4) is 0 Å². The summed E-state index contributed by atoms with van der Waals surface area (Å²) >= 11 is 0. The molecule has 0 radical (unpaired) electrons. The molecule has 0 aliphatic carbocycles. The van der Waals surface area contributed by atoms with Crippen molar-refractivity contribution >= 4 is 20.4 Å². The van der Waals surface area contributed by atoms with Gasteiger partial charge in [-0.25, -0.2) is 4.13 Å². The van der Waals surface area contributed by atoms with Crippen molar-refractivity contribution < 1.29 is 0 Å². The monoisotopic (exact) mass is 211 g/mol. The van der Waals surface area contributed by atoms with Gasteiger partial charge >= 0.3 is 0 Å². The van der Waals surface area contributed by atoms with Gasteiger partial charge < -0.3 is 0 Å². The third-order valence-corrected chi connectivity index (χ3v) is 8.72. The van der Waals surface area contributed by atoms with E-state index in [2.05, 4.69) is 56.2 Å². The van der Waals surface area contributed by atoms with Crippen LogP contribution in [-0.2, 0) is 0 Å². The molecule has 78 valence electrons. The van der Waals surface area contributed by atoms with Gasteiger partial charge in [0.2, 0.25) is 0 Å². The van der Waals surface area contributed by atoms with E-state index in [1.807, 2.05) is 0 Å². The molecule has 0 aliphatic rings. The zero-order chi connectivity index (χ0) is 10.2. The number of rotatable bonds is 2. The Morgan fingerprint density at radius 2 is 1.17 bits per heavy atom. The smallest absolute Gasteiger partial charge is 0.00354 e. The molecule has 0 atom stereocenters. The highest BCUT2D eigenvalue weighted by Gasteiger charge is 2.29. The van der Waals surface area contributed by atoms with Crippen LogP contribution in [0.25, 0.3) is 0 Å². The van der Waals surface area contributed by atoms with Gasteiger partial charge in [-0.15, -0.1) is 0 Å².